The minimum Gasteiger partial charge on any atom is -0.357 e. The highest BCUT2D eigenvalue weighted by Gasteiger charge is 2.28. The number of aryl methyl sites for hydroxylation is 1. The first kappa shape index (κ1) is 10.8. The molecule has 0 atom stereocenters. The van der Waals surface area contributed by atoms with Crippen LogP contribution in [0.1, 0.15) is 15.9 Å². The van der Waals surface area contributed by atoms with Crippen LogP contribution in [0.15, 0.2) is 48.4 Å². The molecule has 0 radical (unpaired) electrons. The molecule has 0 saturated heterocycles. The lowest BCUT2D eigenvalue weighted by molar-refractivity contribution is 0.104. The highest BCUT2D eigenvalue weighted by molar-refractivity contribution is 6.21. The Balaban J connectivity index is 2.06. The smallest absolute Gasteiger partial charge is 0.211 e. The van der Waals surface area contributed by atoms with Crippen LogP contribution in [-0.2, 0) is 7.05 Å². The summed E-state index contributed by atoms with van der Waals surface area (Å²) >= 11 is 0. The number of nitrogens with zero attached hydrogens (tertiary/aromatic N) is 2. The monoisotopic (exact) mass is 238 g/mol. The van der Waals surface area contributed by atoms with E-state index in [2.05, 4.69) is 0 Å². The summed E-state index contributed by atoms with van der Waals surface area (Å²) in [4.78, 5) is 14.3. The highest BCUT2D eigenvalue weighted by Crippen LogP contribution is 2.33. The molecule has 90 valence electrons. The van der Waals surface area contributed by atoms with Crippen molar-refractivity contribution < 1.29 is 4.79 Å². The number of allylic oxidation sites excluding steroid dienone is 1. The summed E-state index contributed by atoms with van der Waals surface area (Å²) in [5.74, 6) is 0.0944. The second-order valence-corrected chi connectivity index (χ2v) is 4.55. The van der Waals surface area contributed by atoms with Crippen molar-refractivity contribution in [1.82, 2.24) is 4.57 Å². The summed E-state index contributed by atoms with van der Waals surface area (Å²) in [6.07, 6.45) is 5.90. The van der Waals surface area contributed by atoms with Crippen molar-refractivity contribution >= 4 is 17.5 Å². The SMILES string of the molecule is CN1C(=Cc2ccn(C)c2)C(=O)c2ccccc21. The van der Waals surface area contributed by atoms with Crippen molar-refractivity contribution in [3.8, 4) is 0 Å². The van der Waals surface area contributed by atoms with E-state index in [4.69, 9.17) is 0 Å². The summed E-state index contributed by atoms with van der Waals surface area (Å²) in [5.41, 5.74) is 3.52. The number of ketones is 1. The number of likely N-dealkylation sites (N-methyl/N-ethyl adjacent to an activating group) is 1. The lowest BCUT2D eigenvalue weighted by atomic mass is 10.1. The van der Waals surface area contributed by atoms with E-state index < -0.39 is 0 Å². The van der Waals surface area contributed by atoms with E-state index in [1.807, 2.05) is 72.4 Å². The van der Waals surface area contributed by atoms with Crippen molar-refractivity contribution in [2.24, 2.45) is 7.05 Å². The van der Waals surface area contributed by atoms with Crippen molar-refractivity contribution in [3.63, 3.8) is 0 Å². The summed E-state index contributed by atoms with van der Waals surface area (Å²) in [6.45, 7) is 0. The third-order valence-corrected chi connectivity index (χ3v) is 3.26. The Kier molecular flexibility index (Phi) is 2.33. The Morgan fingerprint density at radius 3 is 2.56 bits per heavy atom. The van der Waals surface area contributed by atoms with Gasteiger partial charge in [0, 0.05) is 32.1 Å². The van der Waals surface area contributed by atoms with Crippen LogP contribution in [0.5, 0.6) is 0 Å². The van der Waals surface area contributed by atoms with Gasteiger partial charge in [0.05, 0.1) is 11.4 Å². The fourth-order valence-electron chi connectivity index (χ4n) is 2.31. The predicted octanol–water partition coefficient (Wildman–Crippen LogP) is 2.70. The first-order chi connectivity index (χ1) is 8.66. The molecule has 0 aliphatic carbocycles. The van der Waals surface area contributed by atoms with Gasteiger partial charge in [-0.1, -0.05) is 12.1 Å². The minimum atomic E-state index is 0.0944. The number of hydrogen-bond donors (Lipinski definition) is 0. The van der Waals surface area contributed by atoms with Crippen LogP contribution in [0.3, 0.4) is 0 Å². The number of fused-ring (bicyclic) bond motifs is 1. The van der Waals surface area contributed by atoms with Crippen LogP contribution in [0, 0.1) is 0 Å². The summed E-state index contributed by atoms with van der Waals surface area (Å²) in [7, 11) is 3.90. The number of aromatic nitrogens is 1. The van der Waals surface area contributed by atoms with Crippen molar-refractivity contribution in [1.29, 1.82) is 0 Å². The standard InChI is InChI=1S/C15H14N2O/c1-16-8-7-11(10-16)9-14-15(18)12-5-3-4-6-13(12)17(14)2/h3-10H,1-2H3. The molecule has 3 heteroatoms. The fourth-order valence-corrected chi connectivity index (χ4v) is 2.31. The number of benzene rings is 1. The van der Waals surface area contributed by atoms with Crippen LogP contribution in [0.4, 0.5) is 5.69 Å². The van der Waals surface area contributed by atoms with Gasteiger partial charge in [-0.15, -0.1) is 0 Å². The van der Waals surface area contributed by atoms with Crippen LogP contribution >= 0.6 is 0 Å². The number of para-hydroxylation sites is 1. The number of rotatable bonds is 1. The summed E-state index contributed by atoms with van der Waals surface area (Å²) < 4.78 is 1.97. The number of anilines is 1. The van der Waals surface area contributed by atoms with E-state index in [9.17, 15) is 4.79 Å². The molecular formula is C15H14N2O. The zero-order valence-electron chi connectivity index (χ0n) is 10.4. The topological polar surface area (TPSA) is 25.2 Å². The van der Waals surface area contributed by atoms with Crippen LogP contribution in [0.25, 0.3) is 6.08 Å². The van der Waals surface area contributed by atoms with Gasteiger partial charge in [0.2, 0.25) is 5.78 Å². The molecule has 0 amide bonds. The largest absolute Gasteiger partial charge is 0.357 e. The van der Waals surface area contributed by atoms with Gasteiger partial charge in [0.25, 0.3) is 0 Å². The molecule has 0 fully saturated rings. The Morgan fingerprint density at radius 1 is 1.11 bits per heavy atom. The van der Waals surface area contributed by atoms with Gasteiger partial charge in [-0.25, -0.2) is 0 Å². The second-order valence-electron chi connectivity index (χ2n) is 4.55. The number of hydrogen-bond acceptors (Lipinski definition) is 2. The Bertz CT molecular complexity index is 652. The summed E-state index contributed by atoms with van der Waals surface area (Å²) in [5, 5.41) is 0. The normalized spacial score (nSPS) is 16.4. The fraction of sp³-hybridized carbons (Fsp3) is 0.133. The molecule has 18 heavy (non-hydrogen) atoms. The average Bonchev–Trinajstić information content (AvgIpc) is 2.88. The molecule has 2 aromatic rings. The van der Waals surface area contributed by atoms with E-state index >= 15 is 0 Å². The molecule has 0 unspecified atom stereocenters. The van der Waals surface area contributed by atoms with Gasteiger partial charge in [0.1, 0.15) is 0 Å². The quantitative estimate of drug-likeness (QED) is 0.714. The lowest BCUT2D eigenvalue weighted by Crippen LogP contribution is -2.13. The van der Waals surface area contributed by atoms with Gasteiger partial charge < -0.3 is 9.47 Å². The van der Waals surface area contributed by atoms with Gasteiger partial charge in [0.15, 0.2) is 0 Å². The average molecular weight is 238 g/mol. The zero-order valence-corrected chi connectivity index (χ0v) is 10.4. The van der Waals surface area contributed by atoms with Crippen LogP contribution in [0.2, 0.25) is 0 Å². The van der Waals surface area contributed by atoms with Gasteiger partial charge in [-0.2, -0.15) is 0 Å². The molecule has 0 N–H and O–H groups in total. The van der Waals surface area contributed by atoms with E-state index in [1.54, 1.807) is 0 Å². The van der Waals surface area contributed by atoms with Crippen molar-refractivity contribution in [2.45, 2.75) is 0 Å². The minimum absolute atomic E-state index is 0.0944. The molecule has 1 aliphatic heterocycles. The molecule has 0 bridgehead atoms. The Labute approximate surface area is 106 Å². The molecule has 3 rings (SSSR count). The first-order valence-electron chi connectivity index (χ1n) is 5.88. The third-order valence-electron chi connectivity index (χ3n) is 3.26. The molecule has 1 aliphatic rings. The predicted molar refractivity (Wildman–Crippen MR) is 72.6 cm³/mol. The molecule has 1 aromatic carbocycles. The summed E-state index contributed by atoms with van der Waals surface area (Å²) in [6, 6.07) is 9.69. The molecule has 1 aromatic heterocycles. The van der Waals surface area contributed by atoms with E-state index in [0.717, 1.165) is 22.5 Å². The third kappa shape index (κ3) is 1.56. The van der Waals surface area contributed by atoms with Gasteiger partial charge in [-0.3, -0.25) is 4.79 Å². The Hall–Kier alpha value is -2.29. The van der Waals surface area contributed by atoms with E-state index in [0.29, 0.717) is 0 Å². The van der Waals surface area contributed by atoms with E-state index in [-0.39, 0.29) is 5.78 Å². The second kappa shape index (κ2) is 3.88. The van der Waals surface area contributed by atoms with Gasteiger partial charge >= 0.3 is 0 Å². The molecule has 0 saturated carbocycles. The molecule has 0 spiro atoms. The highest BCUT2D eigenvalue weighted by atomic mass is 16.1. The number of Topliss-reactive ketones (excluding diaryl/α,β-unsaturated/α-hetero) is 1. The molecular weight excluding hydrogens is 224 g/mol. The lowest BCUT2D eigenvalue weighted by Gasteiger charge is -2.12. The maximum Gasteiger partial charge on any atom is 0.211 e. The molecule has 3 nitrogen and oxygen atoms in total. The Morgan fingerprint density at radius 2 is 1.89 bits per heavy atom. The van der Waals surface area contributed by atoms with E-state index in [1.165, 1.54) is 0 Å². The first-order valence-corrected chi connectivity index (χ1v) is 5.88. The zero-order chi connectivity index (χ0) is 12.7. The van der Waals surface area contributed by atoms with Crippen molar-refractivity contribution in [2.75, 3.05) is 11.9 Å². The van der Waals surface area contributed by atoms with Crippen LogP contribution in [-0.4, -0.2) is 17.4 Å². The van der Waals surface area contributed by atoms with Gasteiger partial charge in [-0.05, 0) is 29.8 Å². The molecule has 2 heterocycles. The van der Waals surface area contributed by atoms with Crippen LogP contribution < -0.4 is 4.90 Å². The number of carbonyl (C=O) groups excluding carboxylic acids is 1. The van der Waals surface area contributed by atoms with Crippen molar-refractivity contribution in [3.05, 3.63) is 59.5 Å². The maximum atomic E-state index is 12.3. The maximum absolute atomic E-state index is 12.3. The number of carbonyl (C=O) groups is 1.